The van der Waals surface area contributed by atoms with Gasteiger partial charge in [-0.15, -0.1) is 0 Å². The number of aliphatic hydroxyl groups excluding tert-OH is 2. The summed E-state index contributed by atoms with van der Waals surface area (Å²) < 4.78 is 6.19. The largest absolute Gasteiger partial charge is 0.478 e. The van der Waals surface area contributed by atoms with Crippen LogP contribution in [0.15, 0.2) is 78.9 Å². The van der Waals surface area contributed by atoms with Crippen LogP contribution in [0.25, 0.3) is 10.8 Å². The first-order valence-electron chi connectivity index (χ1n) is 13.3. The first-order valence-corrected chi connectivity index (χ1v) is 13.3. The number of carbonyl (C=O) groups is 1. The Kier molecular flexibility index (Phi) is 11.0. The van der Waals surface area contributed by atoms with Crippen molar-refractivity contribution in [2.75, 3.05) is 13.2 Å². The number of fused-ring (bicyclic) bond motifs is 1. The Labute approximate surface area is 226 Å². The second-order valence-electron chi connectivity index (χ2n) is 10.6. The van der Waals surface area contributed by atoms with Crippen LogP contribution in [0.2, 0.25) is 0 Å². The molecule has 4 rings (SSSR count). The average molecular weight is 520 g/mol. The smallest absolute Gasteiger partial charge is 0.327 e. The summed E-state index contributed by atoms with van der Waals surface area (Å²) in [5, 5.41) is 34.1. The van der Waals surface area contributed by atoms with E-state index in [4.69, 9.17) is 9.84 Å². The maximum Gasteiger partial charge on any atom is 0.327 e. The third kappa shape index (κ3) is 9.37. The van der Waals surface area contributed by atoms with Gasteiger partial charge in [0.05, 0.1) is 25.4 Å². The van der Waals surface area contributed by atoms with Gasteiger partial charge in [-0.25, -0.2) is 4.79 Å². The van der Waals surface area contributed by atoms with Crippen LogP contribution in [0, 0.1) is 5.92 Å². The van der Waals surface area contributed by atoms with Crippen LogP contribution >= 0.6 is 0 Å². The van der Waals surface area contributed by atoms with Crippen LogP contribution in [0.3, 0.4) is 0 Å². The van der Waals surface area contributed by atoms with Gasteiger partial charge in [0.2, 0.25) is 0 Å². The molecule has 6 nitrogen and oxygen atoms in total. The molecule has 1 aliphatic rings. The lowest BCUT2D eigenvalue weighted by Crippen LogP contribution is -2.46. The van der Waals surface area contributed by atoms with Gasteiger partial charge in [0.1, 0.15) is 0 Å². The minimum atomic E-state index is -0.891. The van der Waals surface area contributed by atoms with Crippen molar-refractivity contribution in [1.82, 2.24) is 5.32 Å². The van der Waals surface area contributed by atoms with E-state index in [9.17, 15) is 15.0 Å². The number of hydrogen-bond acceptors (Lipinski definition) is 5. The summed E-state index contributed by atoms with van der Waals surface area (Å²) >= 11 is 0. The molecule has 0 bridgehead atoms. The van der Waals surface area contributed by atoms with E-state index in [2.05, 4.69) is 61.6 Å². The number of nitrogens with one attached hydrogen (secondary N) is 1. The minimum Gasteiger partial charge on any atom is -0.478 e. The molecule has 1 saturated carbocycles. The molecule has 0 radical (unpaired) electrons. The molecule has 2 atom stereocenters. The SMILES string of the molecule is C/C=C/C(=O)O.CC(C)(Cc1ccc2ccccc2c1)NC[C@@H](O)CO[C@H](c1ccccc1CO)C1CC1. The highest BCUT2D eigenvalue weighted by atomic mass is 16.5. The Balaban J connectivity index is 0.000000599. The highest BCUT2D eigenvalue weighted by molar-refractivity contribution is 5.83. The van der Waals surface area contributed by atoms with E-state index in [1.807, 2.05) is 24.3 Å². The predicted molar refractivity (Wildman–Crippen MR) is 152 cm³/mol. The van der Waals surface area contributed by atoms with Gasteiger partial charge < -0.3 is 25.4 Å². The Hall–Kier alpha value is -3.03. The lowest BCUT2D eigenvalue weighted by Gasteiger charge is -2.29. The quantitative estimate of drug-likeness (QED) is 0.239. The first kappa shape index (κ1) is 29.5. The van der Waals surface area contributed by atoms with Crippen molar-refractivity contribution in [2.24, 2.45) is 5.92 Å². The van der Waals surface area contributed by atoms with Crippen LogP contribution in [-0.2, 0) is 22.6 Å². The molecule has 0 aliphatic heterocycles. The first-order chi connectivity index (χ1) is 18.2. The second-order valence-corrected chi connectivity index (χ2v) is 10.6. The minimum absolute atomic E-state index is 0.00975. The number of hydrogen-bond donors (Lipinski definition) is 4. The fourth-order valence-corrected chi connectivity index (χ4v) is 4.57. The molecule has 3 aromatic rings. The normalized spacial score (nSPS) is 15.2. The highest BCUT2D eigenvalue weighted by Crippen LogP contribution is 2.44. The third-order valence-corrected chi connectivity index (χ3v) is 6.64. The Morgan fingerprint density at radius 2 is 1.76 bits per heavy atom. The van der Waals surface area contributed by atoms with Crippen LogP contribution in [0.5, 0.6) is 0 Å². The second kappa shape index (κ2) is 14.2. The molecule has 6 heteroatoms. The Morgan fingerprint density at radius 1 is 1.08 bits per heavy atom. The van der Waals surface area contributed by atoms with Crippen LogP contribution in [0.4, 0.5) is 0 Å². The molecule has 1 fully saturated rings. The summed E-state index contributed by atoms with van der Waals surface area (Å²) in [6.45, 7) is 6.75. The third-order valence-electron chi connectivity index (χ3n) is 6.64. The van der Waals surface area contributed by atoms with Gasteiger partial charge in [-0.2, -0.15) is 0 Å². The highest BCUT2D eigenvalue weighted by Gasteiger charge is 2.34. The summed E-state index contributed by atoms with van der Waals surface area (Å²) in [6.07, 6.45) is 5.06. The van der Waals surface area contributed by atoms with Crippen molar-refractivity contribution in [2.45, 2.75) is 64.4 Å². The van der Waals surface area contributed by atoms with E-state index in [1.54, 1.807) is 6.92 Å². The Bertz CT molecular complexity index is 1200. The Morgan fingerprint density at radius 3 is 2.39 bits per heavy atom. The zero-order valence-corrected chi connectivity index (χ0v) is 22.6. The number of aliphatic hydroxyl groups is 2. The number of carboxylic acids is 1. The zero-order valence-electron chi connectivity index (χ0n) is 22.6. The molecular weight excluding hydrogens is 478 g/mol. The maximum absolute atomic E-state index is 10.6. The molecule has 204 valence electrons. The number of aliphatic carboxylic acids is 1. The van der Waals surface area contributed by atoms with Crippen molar-refractivity contribution in [3.05, 3.63) is 95.6 Å². The number of allylic oxidation sites excluding steroid dienone is 1. The molecule has 0 heterocycles. The van der Waals surface area contributed by atoms with Crippen molar-refractivity contribution >= 4 is 16.7 Å². The number of rotatable bonds is 12. The fourth-order valence-electron chi connectivity index (χ4n) is 4.57. The summed E-state index contributed by atoms with van der Waals surface area (Å²) in [7, 11) is 0. The summed E-state index contributed by atoms with van der Waals surface area (Å²) in [6, 6.07) is 22.9. The van der Waals surface area contributed by atoms with Gasteiger partial charge in [-0.3, -0.25) is 0 Å². The van der Waals surface area contributed by atoms with Crippen LogP contribution in [-0.4, -0.2) is 46.1 Å². The van der Waals surface area contributed by atoms with E-state index < -0.39 is 12.1 Å². The van der Waals surface area contributed by atoms with E-state index in [1.165, 1.54) is 22.4 Å². The van der Waals surface area contributed by atoms with Crippen molar-refractivity contribution < 1.29 is 24.9 Å². The monoisotopic (exact) mass is 519 g/mol. The number of β-amino-alcohol motifs (C(OH)–C–C–N with tert-alkyl or cyclic N) is 1. The fraction of sp³-hybridized carbons (Fsp3) is 0.406. The molecule has 0 saturated heterocycles. The lowest BCUT2D eigenvalue weighted by atomic mass is 9.93. The number of carboxylic acid groups (broad SMARTS) is 1. The molecule has 4 N–H and O–H groups in total. The summed E-state index contributed by atoms with van der Waals surface area (Å²) in [5.41, 5.74) is 3.09. The molecule has 0 amide bonds. The van der Waals surface area contributed by atoms with Gasteiger partial charge in [0, 0.05) is 18.2 Å². The van der Waals surface area contributed by atoms with E-state index in [-0.39, 0.29) is 24.9 Å². The number of benzene rings is 3. The van der Waals surface area contributed by atoms with Crippen molar-refractivity contribution in [3.8, 4) is 0 Å². The van der Waals surface area contributed by atoms with Crippen molar-refractivity contribution in [3.63, 3.8) is 0 Å². The van der Waals surface area contributed by atoms with Crippen molar-refractivity contribution in [1.29, 1.82) is 0 Å². The topological polar surface area (TPSA) is 99.0 Å². The van der Waals surface area contributed by atoms with Gasteiger partial charge in [0.25, 0.3) is 0 Å². The number of ether oxygens (including phenoxy) is 1. The molecular formula is C32H41NO5. The lowest BCUT2D eigenvalue weighted by molar-refractivity contribution is -0.131. The van der Waals surface area contributed by atoms with Gasteiger partial charge in [0.15, 0.2) is 0 Å². The van der Waals surface area contributed by atoms with Gasteiger partial charge in [-0.1, -0.05) is 72.8 Å². The van der Waals surface area contributed by atoms with E-state index in [0.717, 1.165) is 36.5 Å². The predicted octanol–water partition coefficient (Wildman–Crippen LogP) is 5.42. The molecule has 0 unspecified atom stereocenters. The van der Waals surface area contributed by atoms with Gasteiger partial charge >= 0.3 is 5.97 Å². The standard InChI is InChI=1S/C28H35NO3.C4H6O2/c1-28(2,16-20-11-12-21-7-3-4-8-23(21)15-20)29-17-25(31)19-32-27(22-13-14-22)26-10-6-5-9-24(26)18-30;1-2-3-4(5)6/h3-12,15,22,25,27,29-31H,13-14,16-19H2,1-2H3;2-3H,1H3,(H,5,6)/b;3-2+/t25-,27+;/m1./s1. The van der Waals surface area contributed by atoms with Crippen LogP contribution < -0.4 is 5.32 Å². The molecule has 0 spiro atoms. The molecule has 3 aromatic carbocycles. The van der Waals surface area contributed by atoms with E-state index in [0.29, 0.717) is 12.5 Å². The van der Waals surface area contributed by atoms with Crippen LogP contribution in [0.1, 0.15) is 56.4 Å². The molecule has 1 aliphatic carbocycles. The molecule has 0 aromatic heterocycles. The van der Waals surface area contributed by atoms with E-state index >= 15 is 0 Å². The summed E-state index contributed by atoms with van der Waals surface area (Å²) in [5.74, 6) is -0.412. The molecule has 38 heavy (non-hydrogen) atoms. The zero-order chi connectivity index (χ0) is 27.5. The maximum atomic E-state index is 10.6. The average Bonchev–Trinajstić information content (AvgIpc) is 3.73. The summed E-state index contributed by atoms with van der Waals surface area (Å²) in [4.78, 5) is 9.51. The van der Waals surface area contributed by atoms with Gasteiger partial charge in [-0.05, 0) is 73.4 Å².